The molecular formula is C26H26ClF3N2O3S2. The molecule has 1 N–H and O–H groups in total. The van der Waals surface area contributed by atoms with Crippen LogP contribution in [0.4, 0.5) is 18.9 Å². The first-order valence-corrected chi connectivity index (χ1v) is 14.3. The number of carbonyl (C=O) groups excluding carboxylic acids is 1. The van der Waals surface area contributed by atoms with Gasteiger partial charge in [0.25, 0.3) is 10.0 Å². The SMILES string of the molecule is Cc1ccc(S(=O)(=O)N(CC(=O)NCCCSCc2ccccc2Cl)c2cccc(C(F)(F)F)c2)cc1. The van der Waals surface area contributed by atoms with Crippen LogP contribution in [0.1, 0.15) is 23.1 Å². The Labute approximate surface area is 224 Å². The number of hydrogen-bond donors (Lipinski definition) is 1. The fourth-order valence-corrected chi connectivity index (χ4v) is 6.03. The summed E-state index contributed by atoms with van der Waals surface area (Å²) in [6.45, 7) is 1.40. The van der Waals surface area contributed by atoms with Gasteiger partial charge >= 0.3 is 6.18 Å². The maximum atomic E-state index is 13.4. The fraction of sp³-hybridized carbons (Fsp3) is 0.269. The van der Waals surface area contributed by atoms with Crippen LogP contribution in [0.3, 0.4) is 0 Å². The molecule has 0 saturated heterocycles. The minimum atomic E-state index is -4.67. The molecule has 0 saturated carbocycles. The second kappa shape index (κ2) is 12.7. The van der Waals surface area contributed by atoms with Gasteiger partial charge in [-0.3, -0.25) is 9.10 Å². The van der Waals surface area contributed by atoms with Crippen LogP contribution in [0.15, 0.2) is 77.7 Å². The van der Waals surface area contributed by atoms with Gasteiger partial charge in [-0.25, -0.2) is 8.42 Å². The second-order valence-electron chi connectivity index (χ2n) is 8.22. The normalized spacial score (nSPS) is 11.8. The molecule has 0 aromatic heterocycles. The third kappa shape index (κ3) is 8.15. The lowest BCUT2D eigenvalue weighted by molar-refractivity contribution is -0.137. The molecule has 5 nitrogen and oxygen atoms in total. The number of anilines is 1. The van der Waals surface area contributed by atoms with E-state index in [4.69, 9.17) is 11.6 Å². The highest BCUT2D eigenvalue weighted by molar-refractivity contribution is 7.98. The molecular weight excluding hydrogens is 545 g/mol. The first kappa shape index (κ1) is 28.9. The molecule has 0 fully saturated rings. The smallest absolute Gasteiger partial charge is 0.354 e. The zero-order valence-corrected chi connectivity index (χ0v) is 22.4. The van der Waals surface area contributed by atoms with Crippen molar-refractivity contribution in [3.05, 3.63) is 94.5 Å². The van der Waals surface area contributed by atoms with Crippen LogP contribution < -0.4 is 9.62 Å². The van der Waals surface area contributed by atoms with Crippen molar-refractivity contribution in [2.75, 3.05) is 23.1 Å². The quantitative estimate of drug-likeness (QED) is 0.275. The zero-order valence-electron chi connectivity index (χ0n) is 20.0. The summed E-state index contributed by atoms with van der Waals surface area (Å²) in [6.07, 6.45) is -4.05. The van der Waals surface area contributed by atoms with E-state index >= 15 is 0 Å². The molecule has 0 unspecified atom stereocenters. The summed E-state index contributed by atoms with van der Waals surface area (Å²) in [7, 11) is -4.31. The van der Waals surface area contributed by atoms with Gasteiger partial charge in [0.2, 0.25) is 5.91 Å². The van der Waals surface area contributed by atoms with Crippen LogP contribution in [-0.2, 0) is 26.7 Å². The van der Waals surface area contributed by atoms with Gasteiger partial charge in [0.15, 0.2) is 0 Å². The predicted molar refractivity (Wildman–Crippen MR) is 142 cm³/mol. The Morgan fingerprint density at radius 3 is 2.41 bits per heavy atom. The van der Waals surface area contributed by atoms with Gasteiger partial charge < -0.3 is 5.32 Å². The number of alkyl halides is 3. The van der Waals surface area contributed by atoms with Crippen LogP contribution in [0.25, 0.3) is 0 Å². The highest BCUT2D eigenvalue weighted by Crippen LogP contribution is 2.33. The van der Waals surface area contributed by atoms with Gasteiger partial charge in [0.1, 0.15) is 6.54 Å². The van der Waals surface area contributed by atoms with E-state index in [1.165, 1.54) is 18.2 Å². The lowest BCUT2D eigenvalue weighted by Gasteiger charge is -2.25. The summed E-state index contributed by atoms with van der Waals surface area (Å²) < 4.78 is 67.3. The minimum absolute atomic E-state index is 0.126. The summed E-state index contributed by atoms with van der Waals surface area (Å²) in [5.41, 5.74) is 0.567. The van der Waals surface area contributed by atoms with E-state index in [9.17, 15) is 26.4 Å². The number of amides is 1. The summed E-state index contributed by atoms with van der Waals surface area (Å²) >= 11 is 7.78. The van der Waals surface area contributed by atoms with Crippen LogP contribution in [0.2, 0.25) is 5.02 Å². The number of nitrogens with one attached hydrogen (secondary N) is 1. The number of rotatable bonds is 11. The van der Waals surface area contributed by atoms with Gasteiger partial charge in [0.05, 0.1) is 16.1 Å². The largest absolute Gasteiger partial charge is 0.416 e. The Balaban J connectivity index is 1.68. The Morgan fingerprint density at radius 1 is 1.03 bits per heavy atom. The number of sulfonamides is 1. The van der Waals surface area contributed by atoms with Gasteiger partial charge in [-0.05, 0) is 61.1 Å². The zero-order chi connectivity index (χ0) is 27.1. The molecule has 3 aromatic rings. The topological polar surface area (TPSA) is 66.5 Å². The number of aryl methyl sites for hydroxylation is 1. The van der Waals surface area contributed by atoms with Gasteiger partial charge in [-0.15, -0.1) is 0 Å². The van der Waals surface area contributed by atoms with E-state index in [1.807, 2.05) is 24.3 Å². The van der Waals surface area contributed by atoms with E-state index in [2.05, 4.69) is 5.32 Å². The van der Waals surface area contributed by atoms with Crippen LogP contribution in [-0.4, -0.2) is 33.2 Å². The molecule has 0 atom stereocenters. The highest BCUT2D eigenvalue weighted by atomic mass is 35.5. The molecule has 0 aliphatic heterocycles. The summed E-state index contributed by atoms with van der Waals surface area (Å²) in [5.74, 6) is 0.820. The molecule has 0 heterocycles. The second-order valence-corrected chi connectivity index (χ2v) is 11.6. The van der Waals surface area contributed by atoms with Crippen molar-refractivity contribution in [3.8, 4) is 0 Å². The van der Waals surface area contributed by atoms with Crippen LogP contribution in [0.5, 0.6) is 0 Å². The molecule has 0 aliphatic rings. The Hall–Kier alpha value is -2.69. The van der Waals surface area contributed by atoms with Crippen molar-refractivity contribution < 1.29 is 26.4 Å². The van der Waals surface area contributed by atoms with E-state index < -0.39 is 34.2 Å². The number of thioether (sulfide) groups is 1. The summed E-state index contributed by atoms with van der Waals surface area (Å²) in [5, 5.41) is 3.35. The number of halogens is 4. The minimum Gasteiger partial charge on any atom is -0.354 e. The molecule has 3 rings (SSSR count). The fourth-order valence-electron chi connectivity index (χ4n) is 3.38. The van der Waals surface area contributed by atoms with Crippen molar-refractivity contribution in [3.63, 3.8) is 0 Å². The maximum Gasteiger partial charge on any atom is 0.416 e. The summed E-state index contributed by atoms with van der Waals surface area (Å²) in [6, 6.07) is 17.3. The monoisotopic (exact) mass is 570 g/mol. The van der Waals surface area contributed by atoms with Crippen LogP contribution in [0, 0.1) is 6.92 Å². The Bertz CT molecular complexity index is 1320. The number of benzene rings is 3. The van der Waals surface area contributed by atoms with E-state index in [1.54, 1.807) is 30.8 Å². The number of hydrogen-bond acceptors (Lipinski definition) is 4. The summed E-state index contributed by atoms with van der Waals surface area (Å²) in [4.78, 5) is 12.6. The lowest BCUT2D eigenvalue weighted by atomic mass is 10.2. The van der Waals surface area contributed by atoms with E-state index in [0.29, 0.717) is 21.5 Å². The highest BCUT2D eigenvalue weighted by Gasteiger charge is 2.33. The molecule has 37 heavy (non-hydrogen) atoms. The van der Waals surface area contributed by atoms with Crippen molar-refractivity contribution in [2.24, 2.45) is 0 Å². The van der Waals surface area contributed by atoms with E-state index in [0.717, 1.165) is 35.1 Å². The van der Waals surface area contributed by atoms with Gasteiger partial charge in [-0.2, -0.15) is 24.9 Å². The molecule has 0 spiro atoms. The molecule has 0 aliphatic carbocycles. The predicted octanol–water partition coefficient (Wildman–Crippen LogP) is 6.30. The molecule has 198 valence electrons. The third-order valence-electron chi connectivity index (χ3n) is 5.36. The van der Waals surface area contributed by atoms with Gasteiger partial charge in [-0.1, -0.05) is 53.6 Å². The average Bonchev–Trinajstić information content (AvgIpc) is 2.85. The van der Waals surface area contributed by atoms with Crippen molar-refractivity contribution >= 4 is 45.0 Å². The molecule has 11 heteroatoms. The molecule has 3 aromatic carbocycles. The van der Waals surface area contributed by atoms with Crippen molar-refractivity contribution in [1.82, 2.24) is 5.32 Å². The van der Waals surface area contributed by atoms with E-state index in [-0.39, 0.29) is 17.1 Å². The standard InChI is InChI=1S/C26H26ClF3N2O3S2/c1-19-10-12-23(13-11-19)37(34,35)32(22-8-4-7-21(16-22)26(28,29)30)17-25(33)31-14-5-15-36-18-20-6-2-3-9-24(20)27/h2-4,6-13,16H,5,14-15,17-18H2,1H3,(H,31,33). The Morgan fingerprint density at radius 2 is 1.73 bits per heavy atom. The molecule has 1 amide bonds. The Kier molecular flexibility index (Phi) is 9.92. The third-order valence-corrected chi connectivity index (χ3v) is 8.61. The average molecular weight is 571 g/mol. The first-order chi connectivity index (χ1) is 17.5. The van der Waals surface area contributed by atoms with Crippen molar-refractivity contribution in [1.29, 1.82) is 0 Å². The maximum absolute atomic E-state index is 13.4. The van der Waals surface area contributed by atoms with Crippen molar-refractivity contribution in [2.45, 2.75) is 30.2 Å². The molecule has 0 radical (unpaired) electrons. The molecule has 0 bridgehead atoms. The number of nitrogens with zero attached hydrogens (tertiary/aromatic N) is 1. The van der Waals surface area contributed by atoms with Gasteiger partial charge in [0, 0.05) is 17.3 Å². The first-order valence-electron chi connectivity index (χ1n) is 11.3. The van der Waals surface area contributed by atoms with Crippen LogP contribution >= 0.6 is 23.4 Å². The lowest BCUT2D eigenvalue weighted by Crippen LogP contribution is -2.41. The number of carbonyl (C=O) groups is 1.